The van der Waals surface area contributed by atoms with Crippen LogP contribution in [0, 0.1) is 0 Å². The Morgan fingerprint density at radius 2 is 2.07 bits per heavy atom. The van der Waals surface area contributed by atoms with Crippen molar-refractivity contribution in [1.29, 1.82) is 0 Å². The first-order valence-electron chi connectivity index (χ1n) is 4.57. The fraction of sp³-hybridized carbons (Fsp3) is 0.400. The summed E-state index contributed by atoms with van der Waals surface area (Å²) in [5.74, 6) is 1.57. The standard InChI is InChI=1S/C10H12BrNO2/c1-2-8(12)6-3-9-10(4-7(6)11)14-5-13-9/h3-4,8H,2,5,12H2,1H3/t8-/m1/s1. The van der Waals surface area contributed by atoms with E-state index in [0.717, 1.165) is 28.0 Å². The van der Waals surface area contributed by atoms with Crippen LogP contribution >= 0.6 is 15.9 Å². The van der Waals surface area contributed by atoms with E-state index in [1.54, 1.807) is 0 Å². The van der Waals surface area contributed by atoms with E-state index in [9.17, 15) is 0 Å². The Hall–Kier alpha value is -0.740. The van der Waals surface area contributed by atoms with Gasteiger partial charge in [-0.3, -0.25) is 0 Å². The Labute approximate surface area is 91.3 Å². The van der Waals surface area contributed by atoms with Crippen LogP contribution in [0.5, 0.6) is 11.5 Å². The van der Waals surface area contributed by atoms with Gasteiger partial charge in [0.15, 0.2) is 11.5 Å². The number of benzene rings is 1. The van der Waals surface area contributed by atoms with Crippen LogP contribution in [-0.4, -0.2) is 6.79 Å². The van der Waals surface area contributed by atoms with E-state index in [1.165, 1.54) is 0 Å². The minimum absolute atomic E-state index is 0.0406. The van der Waals surface area contributed by atoms with Gasteiger partial charge in [-0.15, -0.1) is 0 Å². The van der Waals surface area contributed by atoms with Crippen molar-refractivity contribution in [3.8, 4) is 11.5 Å². The molecule has 1 atom stereocenters. The molecule has 14 heavy (non-hydrogen) atoms. The van der Waals surface area contributed by atoms with Crippen molar-refractivity contribution >= 4 is 15.9 Å². The lowest BCUT2D eigenvalue weighted by Crippen LogP contribution is -2.09. The fourth-order valence-electron chi connectivity index (χ4n) is 1.44. The summed E-state index contributed by atoms with van der Waals surface area (Å²) in [6, 6.07) is 3.90. The molecule has 1 aliphatic rings. The van der Waals surface area contributed by atoms with Crippen LogP contribution in [0.3, 0.4) is 0 Å². The lowest BCUT2D eigenvalue weighted by atomic mass is 10.1. The normalized spacial score (nSPS) is 15.6. The van der Waals surface area contributed by atoms with E-state index in [2.05, 4.69) is 22.9 Å². The maximum Gasteiger partial charge on any atom is 0.231 e. The zero-order valence-corrected chi connectivity index (χ0v) is 9.50. The molecular weight excluding hydrogens is 246 g/mol. The lowest BCUT2D eigenvalue weighted by molar-refractivity contribution is 0.174. The molecule has 4 heteroatoms. The van der Waals surface area contributed by atoms with Crippen LogP contribution in [0.2, 0.25) is 0 Å². The molecule has 2 N–H and O–H groups in total. The van der Waals surface area contributed by atoms with Gasteiger partial charge in [-0.1, -0.05) is 22.9 Å². The van der Waals surface area contributed by atoms with Crippen LogP contribution in [0.4, 0.5) is 0 Å². The highest BCUT2D eigenvalue weighted by Gasteiger charge is 2.18. The van der Waals surface area contributed by atoms with Gasteiger partial charge in [0.25, 0.3) is 0 Å². The van der Waals surface area contributed by atoms with Crippen molar-refractivity contribution in [2.75, 3.05) is 6.79 Å². The third-order valence-electron chi connectivity index (χ3n) is 2.33. The minimum atomic E-state index is 0.0406. The fourth-order valence-corrected chi connectivity index (χ4v) is 2.05. The molecular formula is C10H12BrNO2. The van der Waals surface area contributed by atoms with Gasteiger partial charge in [-0.2, -0.15) is 0 Å². The third-order valence-corrected chi connectivity index (χ3v) is 3.02. The molecule has 1 aliphatic heterocycles. The Morgan fingerprint density at radius 3 is 2.71 bits per heavy atom. The number of nitrogens with two attached hydrogens (primary N) is 1. The summed E-state index contributed by atoms with van der Waals surface area (Å²) in [7, 11) is 0. The monoisotopic (exact) mass is 257 g/mol. The van der Waals surface area contributed by atoms with E-state index < -0.39 is 0 Å². The van der Waals surface area contributed by atoms with Crippen molar-refractivity contribution in [2.24, 2.45) is 5.73 Å². The van der Waals surface area contributed by atoms with Gasteiger partial charge in [0, 0.05) is 10.5 Å². The van der Waals surface area contributed by atoms with Crippen molar-refractivity contribution in [2.45, 2.75) is 19.4 Å². The molecule has 1 heterocycles. The van der Waals surface area contributed by atoms with Gasteiger partial charge in [0.1, 0.15) is 0 Å². The maximum atomic E-state index is 5.96. The van der Waals surface area contributed by atoms with E-state index in [1.807, 2.05) is 12.1 Å². The van der Waals surface area contributed by atoms with Gasteiger partial charge >= 0.3 is 0 Å². The summed E-state index contributed by atoms with van der Waals surface area (Å²) in [6.07, 6.45) is 0.901. The van der Waals surface area contributed by atoms with E-state index in [0.29, 0.717) is 6.79 Å². The second-order valence-electron chi connectivity index (χ2n) is 3.24. The Balaban J connectivity index is 2.42. The Morgan fingerprint density at radius 1 is 1.43 bits per heavy atom. The van der Waals surface area contributed by atoms with Gasteiger partial charge in [-0.05, 0) is 24.1 Å². The molecule has 0 bridgehead atoms. The molecule has 0 aliphatic carbocycles. The molecule has 1 aromatic carbocycles. The average molecular weight is 258 g/mol. The van der Waals surface area contributed by atoms with Crippen molar-refractivity contribution in [3.63, 3.8) is 0 Å². The number of ether oxygens (including phenoxy) is 2. The molecule has 0 aromatic heterocycles. The highest BCUT2D eigenvalue weighted by atomic mass is 79.9. The summed E-state index contributed by atoms with van der Waals surface area (Å²) in [5.41, 5.74) is 7.03. The number of halogens is 1. The molecule has 76 valence electrons. The molecule has 3 nitrogen and oxygen atoms in total. The van der Waals surface area contributed by atoms with Crippen LogP contribution in [-0.2, 0) is 0 Å². The Bertz CT molecular complexity index is 354. The molecule has 0 spiro atoms. The topological polar surface area (TPSA) is 44.5 Å². The number of rotatable bonds is 2. The number of hydrogen-bond acceptors (Lipinski definition) is 3. The summed E-state index contributed by atoms with van der Waals surface area (Å²) in [5, 5.41) is 0. The Kier molecular flexibility index (Phi) is 2.65. The molecule has 0 amide bonds. The number of hydrogen-bond donors (Lipinski definition) is 1. The van der Waals surface area contributed by atoms with Crippen molar-refractivity contribution < 1.29 is 9.47 Å². The van der Waals surface area contributed by atoms with Crippen LogP contribution in [0.25, 0.3) is 0 Å². The molecule has 0 unspecified atom stereocenters. The van der Waals surface area contributed by atoms with Crippen LogP contribution in [0.1, 0.15) is 24.9 Å². The summed E-state index contributed by atoms with van der Waals surface area (Å²) >= 11 is 3.48. The molecule has 2 rings (SSSR count). The summed E-state index contributed by atoms with van der Waals surface area (Å²) < 4.78 is 11.5. The van der Waals surface area contributed by atoms with Crippen molar-refractivity contribution in [1.82, 2.24) is 0 Å². The number of fused-ring (bicyclic) bond motifs is 1. The predicted octanol–water partition coefficient (Wildman–Crippen LogP) is 2.59. The first-order chi connectivity index (χ1) is 6.72. The largest absolute Gasteiger partial charge is 0.454 e. The zero-order valence-electron chi connectivity index (χ0n) is 7.92. The second kappa shape index (κ2) is 3.79. The molecule has 0 saturated heterocycles. The first-order valence-corrected chi connectivity index (χ1v) is 5.36. The van der Waals surface area contributed by atoms with E-state index in [-0.39, 0.29) is 6.04 Å². The van der Waals surface area contributed by atoms with Gasteiger partial charge < -0.3 is 15.2 Å². The molecule has 1 aromatic rings. The smallest absolute Gasteiger partial charge is 0.231 e. The van der Waals surface area contributed by atoms with Crippen LogP contribution in [0.15, 0.2) is 16.6 Å². The quantitative estimate of drug-likeness (QED) is 0.886. The molecule has 0 saturated carbocycles. The zero-order chi connectivity index (χ0) is 10.1. The van der Waals surface area contributed by atoms with E-state index in [4.69, 9.17) is 15.2 Å². The minimum Gasteiger partial charge on any atom is -0.454 e. The van der Waals surface area contributed by atoms with Gasteiger partial charge in [-0.25, -0.2) is 0 Å². The first kappa shape index (κ1) is 9.80. The predicted molar refractivity (Wildman–Crippen MR) is 57.5 cm³/mol. The molecule has 0 radical (unpaired) electrons. The lowest BCUT2D eigenvalue weighted by Gasteiger charge is -2.12. The van der Waals surface area contributed by atoms with Crippen LogP contribution < -0.4 is 15.2 Å². The maximum absolute atomic E-state index is 5.96. The second-order valence-corrected chi connectivity index (χ2v) is 4.10. The highest BCUT2D eigenvalue weighted by molar-refractivity contribution is 9.10. The summed E-state index contributed by atoms with van der Waals surface area (Å²) in [6.45, 7) is 2.36. The van der Waals surface area contributed by atoms with Crippen molar-refractivity contribution in [3.05, 3.63) is 22.2 Å². The third kappa shape index (κ3) is 1.60. The average Bonchev–Trinajstić information content (AvgIpc) is 2.62. The SMILES string of the molecule is CC[C@@H](N)c1cc2c(cc1Br)OCO2. The van der Waals surface area contributed by atoms with Gasteiger partial charge in [0.2, 0.25) is 6.79 Å². The molecule has 0 fully saturated rings. The van der Waals surface area contributed by atoms with E-state index >= 15 is 0 Å². The highest BCUT2D eigenvalue weighted by Crippen LogP contribution is 2.38. The summed E-state index contributed by atoms with van der Waals surface area (Å²) in [4.78, 5) is 0. The van der Waals surface area contributed by atoms with Gasteiger partial charge in [0.05, 0.1) is 0 Å².